The zero-order chi connectivity index (χ0) is 22.4. The maximum Gasteiger partial charge on any atom is 0.335 e. The maximum atomic E-state index is 12.9. The van der Waals surface area contributed by atoms with Gasteiger partial charge in [0.25, 0.3) is 5.56 Å². The molecular weight excluding hydrogens is 412 g/mol. The van der Waals surface area contributed by atoms with Crippen molar-refractivity contribution < 1.29 is 14.6 Å². The minimum atomic E-state index is -0.782. The van der Waals surface area contributed by atoms with Crippen molar-refractivity contribution in [3.63, 3.8) is 0 Å². The number of hydrogen-bond donors (Lipinski definition) is 4. The van der Waals surface area contributed by atoms with E-state index in [1.807, 2.05) is 24.3 Å². The summed E-state index contributed by atoms with van der Waals surface area (Å²) in [4.78, 5) is 31.4. The number of fused-ring (bicyclic) bond motifs is 3. The number of benzene rings is 2. The Balaban J connectivity index is 1.76. The molecule has 9 nitrogen and oxygen atoms in total. The SMILES string of the molecule is COc1ccc(OC)c(-n2c(O)c(C3NCCc4c3[nH]c3ccccc43)c(=O)[nH]c2=O)c1. The van der Waals surface area contributed by atoms with Crippen LogP contribution in [0, 0.1) is 0 Å². The van der Waals surface area contributed by atoms with Crippen LogP contribution < -0.4 is 26.0 Å². The second-order valence-corrected chi connectivity index (χ2v) is 7.57. The Hall–Kier alpha value is -3.98. The lowest BCUT2D eigenvalue weighted by Crippen LogP contribution is -2.38. The molecular formula is C23H22N4O5. The predicted molar refractivity (Wildman–Crippen MR) is 119 cm³/mol. The molecule has 164 valence electrons. The van der Waals surface area contributed by atoms with Gasteiger partial charge in [0.1, 0.15) is 17.1 Å². The summed E-state index contributed by atoms with van der Waals surface area (Å²) < 4.78 is 11.7. The predicted octanol–water partition coefficient (Wildman–Crippen LogP) is 1.96. The zero-order valence-corrected chi connectivity index (χ0v) is 17.6. The van der Waals surface area contributed by atoms with Gasteiger partial charge < -0.3 is 24.9 Å². The molecule has 3 heterocycles. The number of rotatable bonds is 4. The number of aromatic nitrogens is 3. The van der Waals surface area contributed by atoms with Gasteiger partial charge >= 0.3 is 5.69 Å². The number of aromatic hydroxyl groups is 1. The van der Waals surface area contributed by atoms with Crippen LogP contribution in [0.4, 0.5) is 0 Å². The number of H-pyrrole nitrogens is 2. The molecule has 0 spiro atoms. The van der Waals surface area contributed by atoms with Crippen LogP contribution >= 0.6 is 0 Å². The van der Waals surface area contributed by atoms with Gasteiger partial charge in [-0.2, -0.15) is 0 Å². The molecule has 9 heteroatoms. The first-order valence-corrected chi connectivity index (χ1v) is 10.2. The van der Waals surface area contributed by atoms with Gasteiger partial charge in [0.15, 0.2) is 0 Å². The smallest absolute Gasteiger partial charge is 0.335 e. The third-order valence-electron chi connectivity index (χ3n) is 5.90. The van der Waals surface area contributed by atoms with Gasteiger partial charge in [-0.1, -0.05) is 18.2 Å². The van der Waals surface area contributed by atoms with Gasteiger partial charge in [0.2, 0.25) is 5.88 Å². The van der Waals surface area contributed by atoms with Gasteiger partial charge in [-0.05, 0) is 30.2 Å². The molecule has 0 amide bonds. The summed E-state index contributed by atoms with van der Waals surface area (Å²) >= 11 is 0. The Labute approximate surface area is 182 Å². The number of methoxy groups -OCH3 is 2. The van der Waals surface area contributed by atoms with E-state index in [1.165, 1.54) is 14.2 Å². The molecule has 0 saturated heterocycles. The summed E-state index contributed by atoms with van der Waals surface area (Å²) in [5.41, 5.74) is 1.68. The number of nitrogens with zero attached hydrogens (tertiary/aromatic N) is 1. The normalized spacial score (nSPS) is 15.5. The summed E-state index contributed by atoms with van der Waals surface area (Å²) in [6.45, 7) is 0.611. The Kier molecular flexibility index (Phi) is 4.75. The summed E-state index contributed by atoms with van der Waals surface area (Å²) in [5.74, 6) is 0.340. The Bertz CT molecular complexity index is 1450. The zero-order valence-electron chi connectivity index (χ0n) is 17.6. The molecule has 1 atom stereocenters. The lowest BCUT2D eigenvalue weighted by molar-refractivity contribution is 0.388. The highest BCUT2D eigenvalue weighted by Crippen LogP contribution is 2.36. The second kappa shape index (κ2) is 7.61. The van der Waals surface area contributed by atoms with Crippen LogP contribution in [0.1, 0.15) is 22.9 Å². The minimum Gasteiger partial charge on any atom is -0.497 e. The molecule has 2 aromatic heterocycles. The van der Waals surface area contributed by atoms with Crippen molar-refractivity contribution in [3.8, 4) is 23.1 Å². The maximum absolute atomic E-state index is 12.9. The first-order chi connectivity index (χ1) is 15.5. The van der Waals surface area contributed by atoms with E-state index >= 15 is 0 Å². The van der Waals surface area contributed by atoms with Crippen LogP contribution in [-0.4, -0.2) is 40.4 Å². The Morgan fingerprint density at radius 1 is 1.06 bits per heavy atom. The van der Waals surface area contributed by atoms with Crippen molar-refractivity contribution in [3.05, 3.63) is 80.1 Å². The molecule has 1 aliphatic rings. The Morgan fingerprint density at radius 2 is 1.88 bits per heavy atom. The minimum absolute atomic E-state index is 0.0435. The lowest BCUT2D eigenvalue weighted by atomic mass is 9.95. The van der Waals surface area contributed by atoms with Crippen molar-refractivity contribution >= 4 is 10.9 Å². The van der Waals surface area contributed by atoms with E-state index in [1.54, 1.807) is 18.2 Å². The molecule has 1 aliphatic heterocycles. The van der Waals surface area contributed by atoms with E-state index < -0.39 is 23.2 Å². The summed E-state index contributed by atoms with van der Waals surface area (Å²) in [5, 5.41) is 15.6. The average molecular weight is 434 g/mol. The van der Waals surface area contributed by atoms with Gasteiger partial charge in [-0.15, -0.1) is 0 Å². The molecule has 2 aromatic carbocycles. The average Bonchev–Trinajstić information content (AvgIpc) is 3.18. The molecule has 1 unspecified atom stereocenters. The second-order valence-electron chi connectivity index (χ2n) is 7.57. The highest BCUT2D eigenvalue weighted by molar-refractivity contribution is 5.85. The fourth-order valence-electron chi connectivity index (χ4n) is 4.42. The fraction of sp³-hybridized carbons (Fsp3) is 0.217. The quantitative estimate of drug-likeness (QED) is 0.390. The fourth-order valence-corrected chi connectivity index (χ4v) is 4.42. The molecule has 5 rings (SSSR count). The molecule has 32 heavy (non-hydrogen) atoms. The molecule has 0 bridgehead atoms. The first kappa shape index (κ1) is 20.0. The van der Waals surface area contributed by atoms with Gasteiger partial charge in [-0.3, -0.25) is 9.78 Å². The molecule has 4 N–H and O–H groups in total. The van der Waals surface area contributed by atoms with Crippen LogP contribution in [0.15, 0.2) is 52.1 Å². The Morgan fingerprint density at radius 3 is 2.66 bits per heavy atom. The standard InChI is InChI=1S/C23H22N4O5/c1-31-12-7-8-17(32-2)16(11-12)27-22(29)18(21(28)26-23(27)30)20-19-14(9-10-24-20)13-5-3-4-6-15(13)25-19/h3-8,11,20,24-25,29H,9-10H2,1-2H3,(H,26,28,30). The van der Waals surface area contributed by atoms with E-state index in [4.69, 9.17) is 9.47 Å². The van der Waals surface area contributed by atoms with E-state index in [-0.39, 0.29) is 11.3 Å². The summed E-state index contributed by atoms with van der Waals surface area (Å²) in [7, 11) is 2.95. The van der Waals surface area contributed by atoms with Crippen molar-refractivity contribution in [2.24, 2.45) is 0 Å². The molecule has 0 radical (unpaired) electrons. The van der Waals surface area contributed by atoms with E-state index in [2.05, 4.69) is 15.3 Å². The number of para-hydroxylation sites is 1. The van der Waals surface area contributed by atoms with Crippen LogP contribution in [0.2, 0.25) is 0 Å². The molecule has 0 saturated carbocycles. The number of aromatic amines is 2. The molecule has 0 fully saturated rings. The first-order valence-electron chi connectivity index (χ1n) is 10.2. The highest BCUT2D eigenvalue weighted by atomic mass is 16.5. The van der Waals surface area contributed by atoms with E-state index in [9.17, 15) is 14.7 Å². The summed E-state index contributed by atoms with van der Waals surface area (Å²) in [6.07, 6.45) is 0.776. The number of nitrogens with one attached hydrogen (secondary N) is 3. The largest absolute Gasteiger partial charge is 0.497 e. The molecule has 0 aliphatic carbocycles. The van der Waals surface area contributed by atoms with Crippen LogP contribution in [0.5, 0.6) is 17.4 Å². The highest BCUT2D eigenvalue weighted by Gasteiger charge is 2.31. The van der Waals surface area contributed by atoms with Crippen molar-refractivity contribution in [2.75, 3.05) is 20.8 Å². The van der Waals surface area contributed by atoms with E-state index in [0.29, 0.717) is 18.0 Å². The van der Waals surface area contributed by atoms with Crippen molar-refractivity contribution in [2.45, 2.75) is 12.5 Å². The van der Waals surface area contributed by atoms with Crippen LogP contribution in [-0.2, 0) is 6.42 Å². The molecule has 4 aromatic rings. The lowest BCUT2D eigenvalue weighted by Gasteiger charge is -2.25. The summed E-state index contributed by atoms with van der Waals surface area (Å²) in [6, 6.07) is 12.1. The van der Waals surface area contributed by atoms with Gasteiger partial charge in [0, 0.05) is 29.2 Å². The monoisotopic (exact) mass is 434 g/mol. The van der Waals surface area contributed by atoms with Crippen molar-refractivity contribution in [1.82, 2.24) is 19.9 Å². The van der Waals surface area contributed by atoms with Crippen molar-refractivity contribution in [1.29, 1.82) is 0 Å². The topological polar surface area (TPSA) is 121 Å². The van der Waals surface area contributed by atoms with E-state index in [0.717, 1.165) is 33.1 Å². The van der Waals surface area contributed by atoms with Crippen LogP contribution in [0.25, 0.3) is 16.6 Å². The third-order valence-corrected chi connectivity index (χ3v) is 5.90. The van der Waals surface area contributed by atoms with Crippen LogP contribution in [0.3, 0.4) is 0 Å². The van der Waals surface area contributed by atoms with Gasteiger partial charge in [0.05, 0.1) is 25.9 Å². The number of ether oxygens (including phenoxy) is 2. The van der Waals surface area contributed by atoms with Gasteiger partial charge in [-0.25, -0.2) is 9.36 Å². The third kappa shape index (κ3) is 2.97. The number of hydrogen-bond acceptors (Lipinski definition) is 6.